The first kappa shape index (κ1) is 15.3. The molecule has 0 bridgehead atoms. The zero-order valence-electron chi connectivity index (χ0n) is 12.6. The van der Waals surface area contributed by atoms with Gasteiger partial charge >= 0.3 is 0 Å². The van der Waals surface area contributed by atoms with Gasteiger partial charge in [0.1, 0.15) is 5.82 Å². The van der Waals surface area contributed by atoms with E-state index in [1.807, 2.05) is 19.2 Å². The smallest absolute Gasteiger partial charge is 0.129 e. The molecular formula is C17H24ClFN2. The molecule has 2 aliphatic rings. The summed E-state index contributed by atoms with van der Waals surface area (Å²) in [6.45, 7) is 2.04. The fourth-order valence-corrected chi connectivity index (χ4v) is 3.89. The maximum Gasteiger partial charge on any atom is 0.129 e. The van der Waals surface area contributed by atoms with Crippen molar-refractivity contribution in [2.24, 2.45) is 5.92 Å². The van der Waals surface area contributed by atoms with Crippen molar-refractivity contribution in [3.8, 4) is 0 Å². The van der Waals surface area contributed by atoms with Crippen LogP contribution in [0.3, 0.4) is 0 Å². The zero-order valence-corrected chi connectivity index (χ0v) is 13.4. The Bertz CT molecular complexity index is 490. The Hall–Kier alpha value is -0.640. The Balaban J connectivity index is 1.96. The standard InChI is InChI=1S/C17H24ClFN2/c1-20-11-12-4-2-3-9-21(14-6-7-14)17(12)15-8-5-13(18)10-16(15)19/h5,8,10,12,14,17,20H,2-4,6-7,9,11H2,1H3. The third-order valence-electron chi connectivity index (χ3n) is 4.81. The molecule has 1 aliphatic heterocycles. The number of rotatable bonds is 4. The second kappa shape index (κ2) is 6.64. The van der Waals surface area contributed by atoms with Crippen LogP contribution < -0.4 is 5.32 Å². The van der Waals surface area contributed by atoms with Crippen LogP contribution in [0.2, 0.25) is 5.02 Å². The van der Waals surface area contributed by atoms with Crippen LogP contribution in [0.15, 0.2) is 18.2 Å². The van der Waals surface area contributed by atoms with Crippen molar-refractivity contribution in [2.45, 2.75) is 44.2 Å². The predicted molar refractivity (Wildman–Crippen MR) is 85.1 cm³/mol. The van der Waals surface area contributed by atoms with Crippen molar-refractivity contribution in [1.82, 2.24) is 10.2 Å². The molecule has 1 aromatic rings. The maximum absolute atomic E-state index is 14.5. The minimum absolute atomic E-state index is 0.152. The van der Waals surface area contributed by atoms with Crippen LogP contribution in [-0.2, 0) is 0 Å². The van der Waals surface area contributed by atoms with E-state index in [2.05, 4.69) is 10.2 Å². The summed E-state index contributed by atoms with van der Waals surface area (Å²) in [7, 11) is 1.99. The van der Waals surface area contributed by atoms with Gasteiger partial charge in [-0.05, 0) is 63.9 Å². The van der Waals surface area contributed by atoms with Gasteiger partial charge in [0.25, 0.3) is 0 Å². The molecule has 2 unspecified atom stereocenters. The molecule has 1 aromatic carbocycles. The Morgan fingerprint density at radius 2 is 2.10 bits per heavy atom. The van der Waals surface area contributed by atoms with Gasteiger partial charge in [-0.25, -0.2) is 4.39 Å². The fraction of sp³-hybridized carbons (Fsp3) is 0.647. The molecule has 1 aliphatic carbocycles. The highest BCUT2D eigenvalue weighted by molar-refractivity contribution is 6.30. The molecule has 2 fully saturated rings. The van der Waals surface area contributed by atoms with Crippen LogP contribution in [0.4, 0.5) is 4.39 Å². The Labute approximate surface area is 131 Å². The average Bonchev–Trinajstić information content (AvgIpc) is 3.26. The molecule has 116 valence electrons. The third-order valence-corrected chi connectivity index (χ3v) is 5.04. The molecule has 2 atom stereocenters. The maximum atomic E-state index is 14.5. The van der Waals surface area contributed by atoms with E-state index < -0.39 is 0 Å². The summed E-state index contributed by atoms with van der Waals surface area (Å²) in [5.41, 5.74) is 0.827. The van der Waals surface area contributed by atoms with Crippen LogP contribution in [0.25, 0.3) is 0 Å². The van der Waals surface area contributed by atoms with E-state index in [1.54, 1.807) is 0 Å². The average molecular weight is 311 g/mol. The molecule has 2 nitrogen and oxygen atoms in total. The summed E-state index contributed by atoms with van der Waals surface area (Å²) < 4.78 is 14.5. The first-order chi connectivity index (χ1) is 10.2. The summed E-state index contributed by atoms with van der Waals surface area (Å²) in [6, 6.07) is 6.02. The van der Waals surface area contributed by atoms with Gasteiger partial charge in [-0.1, -0.05) is 24.1 Å². The first-order valence-corrected chi connectivity index (χ1v) is 8.44. The summed E-state index contributed by atoms with van der Waals surface area (Å²) in [4.78, 5) is 2.56. The third kappa shape index (κ3) is 3.41. The summed E-state index contributed by atoms with van der Waals surface area (Å²) in [6.07, 6.45) is 6.15. The van der Waals surface area contributed by atoms with Crippen molar-refractivity contribution in [3.05, 3.63) is 34.6 Å². The van der Waals surface area contributed by atoms with Crippen LogP contribution >= 0.6 is 11.6 Å². The van der Waals surface area contributed by atoms with Gasteiger partial charge < -0.3 is 5.32 Å². The van der Waals surface area contributed by atoms with Gasteiger partial charge in [-0.3, -0.25) is 4.90 Å². The first-order valence-electron chi connectivity index (χ1n) is 8.06. The van der Waals surface area contributed by atoms with Crippen LogP contribution in [0.5, 0.6) is 0 Å². The monoisotopic (exact) mass is 310 g/mol. The molecule has 0 aromatic heterocycles. The van der Waals surface area contributed by atoms with Gasteiger partial charge in [-0.2, -0.15) is 0 Å². The van der Waals surface area contributed by atoms with E-state index in [-0.39, 0.29) is 11.9 Å². The molecule has 3 rings (SSSR count). The highest BCUT2D eigenvalue weighted by Crippen LogP contribution is 2.42. The predicted octanol–water partition coefficient (Wildman–Crippen LogP) is 4.00. The summed E-state index contributed by atoms with van der Waals surface area (Å²) in [5.74, 6) is 0.315. The molecule has 1 N–H and O–H groups in total. The van der Waals surface area contributed by atoms with Crippen molar-refractivity contribution >= 4 is 11.6 Å². The Morgan fingerprint density at radius 1 is 1.29 bits per heavy atom. The van der Waals surface area contributed by atoms with E-state index in [0.29, 0.717) is 17.0 Å². The topological polar surface area (TPSA) is 15.3 Å². The van der Waals surface area contributed by atoms with E-state index in [0.717, 1.165) is 25.1 Å². The Kier molecular flexibility index (Phi) is 4.82. The summed E-state index contributed by atoms with van der Waals surface area (Å²) >= 11 is 5.93. The lowest BCUT2D eigenvalue weighted by Crippen LogP contribution is -2.38. The second-order valence-corrected chi connectivity index (χ2v) is 6.83. The van der Waals surface area contributed by atoms with Gasteiger partial charge in [0.2, 0.25) is 0 Å². The van der Waals surface area contributed by atoms with E-state index in [9.17, 15) is 4.39 Å². The lowest BCUT2D eigenvalue weighted by molar-refractivity contribution is 0.142. The minimum Gasteiger partial charge on any atom is -0.319 e. The SMILES string of the molecule is CNCC1CCCCN(C2CC2)C1c1ccc(Cl)cc1F. The quantitative estimate of drug-likeness (QED) is 0.904. The van der Waals surface area contributed by atoms with Crippen molar-refractivity contribution in [1.29, 1.82) is 0 Å². The zero-order chi connectivity index (χ0) is 14.8. The molecule has 0 amide bonds. The number of likely N-dealkylation sites (tertiary alicyclic amines) is 1. The van der Waals surface area contributed by atoms with Gasteiger partial charge in [0.15, 0.2) is 0 Å². The van der Waals surface area contributed by atoms with E-state index in [4.69, 9.17) is 11.6 Å². The molecule has 1 saturated heterocycles. The van der Waals surface area contributed by atoms with Crippen molar-refractivity contribution in [2.75, 3.05) is 20.1 Å². The number of halogens is 2. The van der Waals surface area contributed by atoms with Gasteiger partial charge in [0, 0.05) is 22.7 Å². The molecule has 21 heavy (non-hydrogen) atoms. The van der Waals surface area contributed by atoms with Crippen LogP contribution in [0.1, 0.15) is 43.7 Å². The second-order valence-electron chi connectivity index (χ2n) is 6.39. The largest absolute Gasteiger partial charge is 0.319 e. The highest BCUT2D eigenvalue weighted by Gasteiger charge is 2.40. The summed E-state index contributed by atoms with van der Waals surface area (Å²) in [5, 5.41) is 3.78. The number of hydrogen-bond donors (Lipinski definition) is 1. The molecule has 0 radical (unpaired) electrons. The lowest BCUT2D eigenvalue weighted by atomic mass is 9.88. The number of nitrogens with one attached hydrogen (secondary N) is 1. The molecule has 0 spiro atoms. The fourth-order valence-electron chi connectivity index (χ4n) is 3.73. The van der Waals surface area contributed by atoms with Gasteiger partial charge in [0.05, 0.1) is 0 Å². The minimum atomic E-state index is -0.152. The number of benzene rings is 1. The van der Waals surface area contributed by atoms with Crippen molar-refractivity contribution < 1.29 is 4.39 Å². The van der Waals surface area contributed by atoms with E-state index >= 15 is 0 Å². The Morgan fingerprint density at radius 3 is 2.76 bits per heavy atom. The normalized spacial score (nSPS) is 27.6. The number of hydrogen-bond acceptors (Lipinski definition) is 2. The number of nitrogens with zero attached hydrogens (tertiary/aromatic N) is 1. The van der Waals surface area contributed by atoms with E-state index in [1.165, 1.54) is 31.7 Å². The van der Waals surface area contributed by atoms with Gasteiger partial charge in [-0.15, -0.1) is 0 Å². The van der Waals surface area contributed by atoms with Crippen molar-refractivity contribution in [3.63, 3.8) is 0 Å². The molecule has 1 saturated carbocycles. The molecular weight excluding hydrogens is 287 g/mol. The van der Waals surface area contributed by atoms with Crippen LogP contribution in [0, 0.1) is 11.7 Å². The van der Waals surface area contributed by atoms with Crippen LogP contribution in [-0.4, -0.2) is 31.1 Å². The molecule has 4 heteroatoms. The molecule has 1 heterocycles. The lowest BCUT2D eigenvalue weighted by Gasteiger charge is -2.36. The highest BCUT2D eigenvalue weighted by atomic mass is 35.5.